The lowest BCUT2D eigenvalue weighted by molar-refractivity contribution is 0.125. The molecule has 0 bridgehead atoms. The maximum atomic E-state index is 12.7. The average molecular weight is 191 g/mol. The first kappa shape index (κ1) is 8.42. The van der Waals surface area contributed by atoms with Crippen LogP contribution in [0.2, 0.25) is 0 Å². The number of halogens is 1. The number of nitrogens with two attached hydrogens (primary N) is 1. The Bertz CT molecular complexity index is 356. The first-order chi connectivity index (χ1) is 6.62. The predicted octanol–water partition coefficient (Wildman–Crippen LogP) is 2.55. The third-order valence-corrected chi connectivity index (χ3v) is 3.76. The summed E-state index contributed by atoms with van der Waals surface area (Å²) < 4.78 is 12.7. The first-order valence-electron chi connectivity index (χ1n) is 5.17. The Morgan fingerprint density at radius 1 is 1.07 bits per heavy atom. The SMILES string of the molecule is NC1(c2ccc(F)cc2)CC2(CC2)C1. The van der Waals surface area contributed by atoms with Gasteiger partial charge in [0, 0.05) is 5.54 Å². The molecule has 0 heterocycles. The van der Waals surface area contributed by atoms with E-state index in [2.05, 4.69) is 0 Å². The van der Waals surface area contributed by atoms with Crippen molar-refractivity contribution in [1.29, 1.82) is 0 Å². The molecule has 0 amide bonds. The average Bonchev–Trinajstić information content (AvgIpc) is 2.85. The Morgan fingerprint density at radius 2 is 1.64 bits per heavy atom. The van der Waals surface area contributed by atoms with Gasteiger partial charge in [0.2, 0.25) is 0 Å². The highest BCUT2D eigenvalue weighted by Crippen LogP contribution is 2.66. The van der Waals surface area contributed by atoms with E-state index >= 15 is 0 Å². The smallest absolute Gasteiger partial charge is 0.123 e. The fourth-order valence-electron chi connectivity index (χ4n) is 2.80. The molecule has 0 atom stereocenters. The summed E-state index contributed by atoms with van der Waals surface area (Å²) in [4.78, 5) is 0. The van der Waals surface area contributed by atoms with Crippen molar-refractivity contribution in [3.8, 4) is 0 Å². The molecule has 1 aromatic carbocycles. The van der Waals surface area contributed by atoms with Gasteiger partial charge in [-0.05, 0) is 48.8 Å². The second-order valence-electron chi connectivity index (χ2n) is 5.02. The monoisotopic (exact) mass is 191 g/mol. The molecule has 2 fully saturated rings. The molecule has 2 saturated carbocycles. The molecule has 2 heteroatoms. The van der Waals surface area contributed by atoms with Crippen molar-refractivity contribution in [1.82, 2.24) is 0 Å². The molecule has 0 radical (unpaired) electrons. The Hall–Kier alpha value is -0.890. The van der Waals surface area contributed by atoms with Gasteiger partial charge >= 0.3 is 0 Å². The summed E-state index contributed by atoms with van der Waals surface area (Å²) in [6.45, 7) is 0. The Balaban J connectivity index is 1.85. The van der Waals surface area contributed by atoms with E-state index in [0.717, 1.165) is 18.4 Å². The number of hydrogen-bond donors (Lipinski definition) is 1. The van der Waals surface area contributed by atoms with Gasteiger partial charge in [0.1, 0.15) is 5.82 Å². The zero-order valence-electron chi connectivity index (χ0n) is 8.09. The van der Waals surface area contributed by atoms with Gasteiger partial charge in [0.15, 0.2) is 0 Å². The zero-order chi connectivity index (χ0) is 9.81. The number of hydrogen-bond acceptors (Lipinski definition) is 1. The lowest BCUT2D eigenvalue weighted by Crippen LogP contribution is -2.50. The predicted molar refractivity (Wildman–Crippen MR) is 53.2 cm³/mol. The van der Waals surface area contributed by atoms with E-state index in [0.29, 0.717) is 5.41 Å². The summed E-state index contributed by atoms with van der Waals surface area (Å²) in [5.41, 5.74) is 7.79. The van der Waals surface area contributed by atoms with E-state index in [4.69, 9.17) is 5.73 Å². The molecule has 0 aliphatic heterocycles. The van der Waals surface area contributed by atoms with Crippen LogP contribution in [0.4, 0.5) is 4.39 Å². The third kappa shape index (κ3) is 1.10. The van der Waals surface area contributed by atoms with Gasteiger partial charge in [-0.3, -0.25) is 0 Å². The normalized spacial score (nSPS) is 25.9. The minimum Gasteiger partial charge on any atom is -0.321 e. The standard InChI is InChI=1S/C12H14FN/c13-10-3-1-9(2-4-10)12(14)7-11(8-12)5-6-11/h1-4H,5-8,14H2. The lowest BCUT2D eigenvalue weighted by Gasteiger charge is -2.46. The molecule has 0 saturated heterocycles. The van der Waals surface area contributed by atoms with Crippen molar-refractivity contribution in [2.24, 2.45) is 11.1 Å². The van der Waals surface area contributed by atoms with Crippen molar-refractivity contribution in [3.05, 3.63) is 35.6 Å². The van der Waals surface area contributed by atoms with Crippen LogP contribution in [-0.4, -0.2) is 0 Å². The fraction of sp³-hybridized carbons (Fsp3) is 0.500. The Labute approximate surface area is 83.1 Å². The molecule has 2 aliphatic carbocycles. The molecule has 1 aromatic rings. The zero-order valence-corrected chi connectivity index (χ0v) is 8.09. The van der Waals surface area contributed by atoms with Gasteiger partial charge in [0.25, 0.3) is 0 Å². The molecule has 0 aromatic heterocycles. The molecule has 2 N–H and O–H groups in total. The minimum absolute atomic E-state index is 0.163. The highest BCUT2D eigenvalue weighted by Gasteiger charge is 2.59. The van der Waals surface area contributed by atoms with E-state index < -0.39 is 0 Å². The second-order valence-corrected chi connectivity index (χ2v) is 5.02. The van der Waals surface area contributed by atoms with Gasteiger partial charge in [-0.2, -0.15) is 0 Å². The van der Waals surface area contributed by atoms with Crippen LogP contribution in [-0.2, 0) is 5.54 Å². The van der Waals surface area contributed by atoms with Crippen LogP contribution in [0.1, 0.15) is 31.2 Å². The Kier molecular flexibility index (Phi) is 1.43. The van der Waals surface area contributed by atoms with Crippen molar-refractivity contribution in [3.63, 3.8) is 0 Å². The maximum Gasteiger partial charge on any atom is 0.123 e. The van der Waals surface area contributed by atoms with Gasteiger partial charge in [-0.25, -0.2) is 4.39 Å². The number of rotatable bonds is 1. The van der Waals surface area contributed by atoms with Gasteiger partial charge in [-0.15, -0.1) is 0 Å². The van der Waals surface area contributed by atoms with E-state index in [1.807, 2.05) is 12.1 Å². The molecule has 74 valence electrons. The topological polar surface area (TPSA) is 26.0 Å². The second kappa shape index (κ2) is 2.37. The van der Waals surface area contributed by atoms with Crippen LogP contribution in [0, 0.1) is 11.2 Å². The summed E-state index contributed by atoms with van der Waals surface area (Å²) in [6, 6.07) is 6.65. The summed E-state index contributed by atoms with van der Waals surface area (Å²) >= 11 is 0. The summed E-state index contributed by atoms with van der Waals surface area (Å²) in [5.74, 6) is -0.183. The molecule has 1 spiro atoms. The van der Waals surface area contributed by atoms with Crippen molar-refractivity contribution in [2.75, 3.05) is 0 Å². The van der Waals surface area contributed by atoms with Gasteiger partial charge in [-0.1, -0.05) is 12.1 Å². The van der Waals surface area contributed by atoms with Crippen molar-refractivity contribution in [2.45, 2.75) is 31.2 Å². The van der Waals surface area contributed by atoms with Crippen LogP contribution in [0.15, 0.2) is 24.3 Å². The maximum absolute atomic E-state index is 12.7. The van der Waals surface area contributed by atoms with Crippen LogP contribution in [0.3, 0.4) is 0 Å². The largest absolute Gasteiger partial charge is 0.321 e. The molecule has 14 heavy (non-hydrogen) atoms. The highest BCUT2D eigenvalue weighted by atomic mass is 19.1. The molecule has 3 rings (SSSR count). The summed E-state index contributed by atoms with van der Waals surface area (Å²) in [6.07, 6.45) is 4.86. The Morgan fingerprint density at radius 3 is 2.14 bits per heavy atom. The quantitative estimate of drug-likeness (QED) is 0.725. The van der Waals surface area contributed by atoms with Crippen molar-refractivity contribution >= 4 is 0 Å². The van der Waals surface area contributed by atoms with E-state index in [9.17, 15) is 4.39 Å². The molecular weight excluding hydrogens is 177 g/mol. The summed E-state index contributed by atoms with van der Waals surface area (Å²) in [7, 11) is 0. The van der Waals surface area contributed by atoms with Crippen LogP contribution >= 0.6 is 0 Å². The van der Waals surface area contributed by atoms with Crippen LogP contribution in [0.5, 0.6) is 0 Å². The number of benzene rings is 1. The van der Waals surface area contributed by atoms with Crippen LogP contribution < -0.4 is 5.73 Å². The third-order valence-electron chi connectivity index (χ3n) is 3.76. The van der Waals surface area contributed by atoms with E-state index in [-0.39, 0.29) is 11.4 Å². The molecular formula is C12H14FN. The van der Waals surface area contributed by atoms with E-state index in [1.54, 1.807) is 0 Å². The molecule has 1 nitrogen and oxygen atoms in total. The van der Waals surface area contributed by atoms with E-state index in [1.165, 1.54) is 25.0 Å². The minimum atomic E-state index is -0.183. The van der Waals surface area contributed by atoms with Gasteiger partial charge < -0.3 is 5.73 Å². The highest BCUT2D eigenvalue weighted by molar-refractivity contribution is 5.31. The fourth-order valence-corrected chi connectivity index (χ4v) is 2.80. The summed E-state index contributed by atoms with van der Waals surface area (Å²) in [5, 5.41) is 0. The first-order valence-corrected chi connectivity index (χ1v) is 5.17. The lowest BCUT2D eigenvalue weighted by atomic mass is 9.63. The van der Waals surface area contributed by atoms with Crippen LogP contribution in [0.25, 0.3) is 0 Å². The van der Waals surface area contributed by atoms with Gasteiger partial charge in [0.05, 0.1) is 0 Å². The molecule has 0 unspecified atom stereocenters. The van der Waals surface area contributed by atoms with Crippen molar-refractivity contribution < 1.29 is 4.39 Å². The molecule has 2 aliphatic rings.